The summed E-state index contributed by atoms with van der Waals surface area (Å²) in [5.41, 5.74) is 20.2. The lowest BCUT2D eigenvalue weighted by molar-refractivity contribution is 0.759. The summed E-state index contributed by atoms with van der Waals surface area (Å²) in [5, 5.41) is 2.41. The molecule has 0 unspecified atom stereocenters. The van der Waals surface area contributed by atoms with E-state index < -0.39 is 10.8 Å². The van der Waals surface area contributed by atoms with Gasteiger partial charge in [-0.25, -0.2) is 0 Å². The van der Waals surface area contributed by atoms with Crippen molar-refractivity contribution in [3.05, 3.63) is 348 Å². The summed E-state index contributed by atoms with van der Waals surface area (Å²) in [5.74, 6) is 0. The van der Waals surface area contributed by atoms with E-state index in [1.54, 1.807) is 0 Å². The molecule has 12 aromatic rings. The fourth-order valence-corrected chi connectivity index (χ4v) is 12.8. The summed E-state index contributed by atoms with van der Waals surface area (Å²) >= 11 is 0. The zero-order valence-electron chi connectivity index (χ0n) is 40.8. The summed E-state index contributed by atoms with van der Waals surface area (Å²) in [6, 6.07) is 112. The first-order valence-electron chi connectivity index (χ1n) is 25.7. The van der Waals surface area contributed by atoms with Crippen LogP contribution in [0.5, 0.6) is 0 Å². The predicted octanol–water partition coefficient (Wildman–Crippen LogP) is 18.5. The SMILES string of the molecule is c1ccc(N(c2ccccc2)c2ccc3c(c2)C(c2ccccc2)(c2ccccc2)c2cc4c(cc2-3)C(c2ccccc2)(c2ccccc2)c2cc(N(c3ccccc3)c3ccccc3)c3ccccc3c2-4)cc1. The lowest BCUT2D eigenvalue weighted by atomic mass is 9.66. The molecule has 0 aliphatic heterocycles. The Kier molecular flexibility index (Phi) is 10.3. The van der Waals surface area contributed by atoms with Gasteiger partial charge in [0.25, 0.3) is 0 Å². The van der Waals surface area contributed by atoms with Crippen LogP contribution in [0.2, 0.25) is 0 Å². The molecule has 14 rings (SSSR count). The predicted molar refractivity (Wildman–Crippen MR) is 308 cm³/mol. The van der Waals surface area contributed by atoms with Crippen LogP contribution in [-0.4, -0.2) is 0 Å². The molecule has 0 N–H and O–H groups in total. The van der Waals surface area contributed by atoms with Crippen molar-refractivity contribution >= 4 is 44.9 Å². The molecule has 0 aromatic heterocycles. The largest absolute Gasteiger partial charge is 0.310 e. The van der Waals surface area contributed by atoms with Crippen LogP contribution >= 0.6 is 0 Å². The third kappa shape index (κ3) is 6.51. The van der Waals surface area contributed by atoms with Gasteiger partial charge in [-0.05, 0) is 151 Å². The fourth-order valence-electron chi connectivity index (χ4n) is 12.8. The minimum Gasteiger partial charge on any atom is -0.310 e. The molecule has 0 bridgehead atoms. The maximum atomic E-state index is 2.61. The van der Waals surface area contributed by atoms with E-state index >= 15 is 0 Å². The van der Waals surface area contributed by atoms with E-state index in [1.165, 1.54) is 77.5 Å². The highest BCUT2D eigenvalue weighted by atomic mass is 15.1. The molecular weight excluding hydrogens is 893 g/mol. The molecule has 0 radical (unpaired) electrons. The second-order valence-corrected chi connectivity index (χ2v) is 19.5. The number of rotatable bonds is 10. The Morgan fingerprint density at radius 2 is 0.554 bits per heavy atom. The molecule has 74 heavy (non-hydrogen) atoms. The van der Waals surface area contributed by atoms with E-state index in [0.717, 1.165) is 34.1 Å². The molecule has 2 aliphatic carbocycles. The van der Waals surface area contributed by atoms with Crippen LogP contribution < -0.4 is 9.80 Å². The summed E-state index contributed by atoms with van der Waals surface area (Å²) in [6.45, 7) is 0. The third-order valence-corrected chi connectivity index (χ3v) is 15.7. The van der Waals surface area contributed by atoms with E-state index in [9.17, 15) is 0 Å². The molecular formula is C72H50N2. The Morgan fingerprint density at radius 1 is 0.216 bits per heavy atom. The van der Waals surface area contributed by atoms with Crippen LogP contribution in [0.3, 0.4) is 0 Å². The van der Waals surface area contributed by atoms with Crippen molar-refractivity contribution in [2.24, 2.45) is 0 Å². The van der Waals surface area contributed by atoms with Gasteiger partial charge in [-0.15, -0.1) is 0 Å². The first kappa shape index (κ1) is 43.3. The van der Waals surface area contributed by atoms with Crippen molar-refractivity contribution < 1.29 is 0 Å². The van der Waals surface area contributed by atoms with Gasteiger partial charge in [-0.2, -0.15) is 0 Å². The van der Waals surface area contributed by atoms with Crippen molar-refractivity contribution in [1.29, 1.82) is 0 Å². The van der Waals surface area contributed by atoms with E-state index in [0.29, 0.717) is 0 Å². The minimum atomic E-state index is -0.706. The average Bonchev–Trinajstić information content (AvgIpc) is 3.96. The molecule has 0 heterocycles. The quantitative estimate of drug-likeness (QED) is 0.135. The van der Waals surface area contributed by atoms with Gasteiger partial charge in [0.2, 0.25) is 0 Å². The molecule has 348 valence electrons. The van der Waals surface area contributed by atoms with Gasteiger partial charge in [0.05, 0.1) is 16.5 Å². The molecule has 0 fully saturated rings. The average molecular weight is 943 g/mol. The van der Waals surface area contributed by atoms with Crippen LogP contribution in [0.1, 0.15) is 44.5 Å². The van der Waals surface area contributed by atoms with Crippen molar-refractivity contribution in [3.8, 4) is 22.3 Å². The van der Waals surface area contributed by atoms with E-state index in [1.807, 2.05) is 0 Å². The van der Waals surface area contributed by atoms with E-state index in [-0.39, 0.29) is 0 Å². The molecule has 0 saturated carbocycles. The number of hydrogen-bond donors (Lipinski definition) is 0. The van der Waals surface area contributed by atoms with Gasteiger partial charge in [0.1, 0.15) is 0 Å². The number of nitrogens with zero attached hydrogens (tertiary/aromatic N) is 2. The monoisotopic (exact) mass is 942 g/mol. The summed E-state index contributed by atoms with van der Waals surface area (Å²) in [6.07, 6.45) is 0. The first-order valence-corrected chi connectivity index (χ1v) is 25.7. The zero-order chi connectivity index (χ0) is 49.1. The smallest absolute Gasteiger partial charge is 0.0714 e. The molecule has 0 amide bonds. The summed E-state index contributed by atoms with van der Waals surface area (Å²) in [4.78, 5) is 4.85. The highest BCUT2D eigenvalue weighted by Gasteiger charge is 2.52. The molecule has 0 saturated heterocycles. The lowest BCUT2D eigenvalue weighted by Gasteiger charge is -2.36. The third-order valence-electron chi connectivity index (χ3n) is 15.7. The number of anilines is 6. The number of benzene rings is 12. The molecule has 12 aromatic carbocycles. The molecule has 2 heteroatoms. The minimum absolute atomic E-state index is 0.685. The van der Waals surface area contributed by atoms with Crippen molar-refractivity contribution in [1.82, 2.24) is 0 Å². The molecule has 0 atom stereocenters. The molecule has 2 nitrogen and oxygen atoms in total. The molecule has 2 aliphatic rings. The van der Waals surface area contributed by atoms with Gasteiger partial charge in [0, 0.05) is 33.8 Å². The Hall–Kier alpha value is -9.50. The lowest BCUT2D eigenvalue weighted by Crippen LogP contribution is -2.30. The Labute approximate surface area is 433 Å². The van der Waals surface area contributed by atoms with Gasteiger partial charge in [-0.1, -0.05) is 224 Å². The second kappa shape index (κ2) is 17.7. The normalized spacial score (nSPS) is 13.4. The first-order chi connectivity index (χ1) is 36.7. The van der Waals surface area contributed by atoms with Crippen LogP contribution in [-0.2, 0) is 10.8 Å². The van der Waals surface area contributed by atoms with Crippen LogP contribution in [0.15, 0.2) is 303 Å². The van der Waals surface area contributed by atoms with Crippen LogP contribution in [0.25, 0.3) is 33.0 Å². The van der Waals surface area contributed by atoms with E-state index in [2.05, 4.69) is 313 Å². The van der Waals surface area contributed by atoms with Gasteiger partial charge < -0.3 is 9.80 Å². The van der Waals surface area contributed by atoms with Crippen molar-refractivity contribution in [2.45, 2.75) is 10.8 Å². The fraction of sp³-hybridized carbons (Fsp3) is 0.0278. The van der Waals surface area contributed by atoms with Crippen LogP contribution in [0, 0.1) is 0 Å². The van der Waals surface area contributed by atoms with Crippen molar-refractivity contribution in [3.63, 3.8) is 0 Å². The highest BCUT2D eigenvalue weighted by molar-refractivity contribution is 6.12. The Morgan fingerprint density at radius 3 is 1.00 bits per heavy atom. The van der Waals surface area contributed by atoms with Gasteiger partial charge >= 0.3 is 0 Å². The van der Waals surface area contributed by atoms with Crippen LogP contribution in [0.4, 0.5) is 34.1 Å². The number of hydrogen-bond acceptors (Lipinski definition) is 2. The number of para-hydroxylation sites is 4. The highest BCUT2D eigenvalue weighted by Crippen LogP contribution is 2.65. The van der Waals surface area contributed by atoms with Gasteiger partial charge in [0.15, 0.2) is 0 Å². The number of fused-ring (bicyclic) bond motifs is 8. The maximum Gasteiger partial charge on any atom is 0.0714 e. The van der Waals surface area contributed by atoms with E-state index in [4.69, 9.17) is 0 Å². The summed E-state index contributed by atoms with van der Waals surface area (Å²) < 4.78 is 0. The topological polar surface area (TPSA) is 6.48 Å². The Balaban J connectivity index is 1.13. The molecule has 0 spiro atoms. The Bertz CT molecular complexity index is 3820. The maximum absolute atomic E-state index is 2.61. The second-order valence-electron chi connectivity index (χ2n) is 19.5. The zero-order valence-corrected chi connectivity index (χ0v) is 40.8. The van der Waals surface area contributed by atoms with Crippen molar-refractivity contribution in [2.75, 3.05) is 9.80 Å². The summed E-state index contributed by atoms with van der Waals surface area (Å²) in [7, 11) is 0. The standard InChI is InChI=1S/C72H50N2/c1-9-27-51(28-10-1)71(52-29-11-2-12-30-52)65-47-59(73(55-35-17-5-18-36-55)56-37-19-6-20-38-56)45-46-60(65)63-48-67-64(49-66(63)71)70-62-44-26-25-43-61(62)69(74(57-39-21-7-22-40-57)58-41-23-8-24-42-58)50-68(70)72(67,53-31-13-3-14-32-53)54-33-15-4-16-34-54/h1-50H. The van der Waals surface area contributed by atoms with Gasteiger partial charge in [-0.3, -0.25) is 0 Å².